The Morgan fingerprint density at radius 1 is 0.969 bits per heavy atom. The molecule has 0 radical (unpaired) electrons. The lowest BCUT2D eigenvalue weighted by atomic mass is 9.90. The van der Waals surface area contributed by atoms with E-state index < -0.39 is 0 Å². The molecule has 1 aromatic heterocycles. The van der Waals surface area contributed by atoms with Crippen molar-refractivity contribution in [1.82, 2.24) is 20.4 Å². The molecule has 0 spiro atoms. The van der Waals surface area contributed by atoms with Crippen molar-refractivity contribution in [2.45, 2.75) is 12.3 Å². The van der Waals surface area contributed by atoms with E-state index in [0.29, 0.717) is 31.4 Å². The molecule has 5 rings (SSSR count). The smallest absolute Gasteiger partial charge is 0.253 e. The SMILES string of the molecule is O=C(c1ccccc1)N1CC(c2ccc(N(C(=O)[C@H]3CCNC3)c3cccnn3)cc2)C1. The van der Waals surface area contributed by atoms with Crippen LogP contribution in [-0.2, 0) is 4.79 Å². The van der Waals surface area contributed by atoms with Crippen LogP contribution in [0.3, 0.4) is 0 Å². The van der Waals surface area contributed by atoms with E-state index in [2.05, 4.69) is 15.5 Å². The van der Waals surface area contributed by atoms with Gasteiger partial charge in [-0.05, 0) is 54.9 Å². The van der Waals surface area contributed by atoms with Gasteiger partial charge in [-0.3, -0.25) is 14.5 Å². The Kier molecular flexibility index (Phi) is 5.64. The van der Waals surface area contributed by atoms with Crippen molar-refractivity contribution < 1.29 is 9.59 Å². The normalized spacial score (nSPS) is 18.2. The van der Waals surface area contributed by atoms with Crippen LogP contribution in [0.5, 0.6) is 0 Å². The molecule has 2 aliphatic rings. The first-order valence-corrected chi connectivity index (χ1v) is 11.0. The lowest BCUT2D eigenvalue weighted by Crippen LogP contribution is -2.48. The summed E-state index contributed by atoms with van der Waals surface area (Å²) >= 11 is 0. The van der Waals surface area contributed by atoms with Gasteiger partial charge in [-0.1, -0.05) is 30.3 Å². The lowest BCUT2D eigenvalue weighted by molar-refractivity contribution is -0.121. The maximum Gasteiger partial charge on any atom is 0.253 e. The van der Waals surface area contributed by atoms with E-state index >= 15 is 0 Å². The summed E-state index contributed by atoms with van der Waals surface area (Å²) in [6.45, 7) is 2.94. The molecule has 0 aliphatic carbocycles. The number of amides is 2. The van der Waals surface area contributed by atoms with Gasteiger partial charge in [-0.25, -0.2) is 0 Å². The number of aromatic nitrogens is 2. The van der Waals surface area contributed by atoms with Crippen LogP contribution in [0.25, 0.3) is 0 Å². The topological polar surface area (TPSA) is 78.4 Å². The first-order valence-electron chi connectivity index (χ1n) is 11.0. The molecule has 2 aliphatic heterocycles. The minimum atomic E-state index is -0.0686. The van der Waals surface area contributed by atoms with E-state index in [0.717, 1.165) is 24.2 Å². The number of likely N-dealkylation sites (tertiary alicyclic amines) is 1. The number of carbonyl (C=O) groups is 2. The molecule has 1 N–H and O–H groups in total. The molecular weight excluding hydrogens is 402 g/mol. The van der Waals surface area contributed by atoms with Crippen LogP contribution in [0, 0.1) is 5.92 Å². The van der Waals surface area contributed by atoms with Crippen LogP contribution in [-0.4, -0.2) is 53.1 Å². The van der Waals surface area contributed by atoms with Gasteiger partial charge in [0.05, 0.1) is 11.6 Å². The van der Waals surface area contributed by atoms with E-state index in [1.54, 1.807) is 23.2 Å². The molecule has 1 atom stereocenters. The third-order valence-corrected chi connectivity index (χ3v) is 6.23. The predicted octanol–water partition coefficient (Wildman–Crippen LogP) is 2.99. The largest absolute Gasteiger partial charge is 0.337 e. The Balaban J connectivity index is 1.30. The molecule has 3 heterocycles. The second-order valence-corrected chi connectivity index (χ2v) is 8.31. The number of hydrogen-bond donors (Lipinski definition) is 1. The highest BCUT2D eigenvalue weighted by molar-refractivity contribution is 6.01. The van der Waals surface area contributed by atoms with Crippen molar-refractivity contribution in [3.05, 3.63) is 84.1 Å². The van der Waals surface area contributed by atoms with Gasteiger partial charge in [0, 0.05) is 37.3 Å². The number of nitrogens with one attached hydrogen (secondary N) is 1. The van der Waals surface area contributed by atoms with Crippen LogP contribution >= 0.6 is 0 Å². The van der Waals surface area contributed by atoms with E-state index in [9.17, 15) is 9.59 Å². The van der Waals surface area contributed by atoms with Crippen LogP contribution in [0.1, 0.15) is 28.3 Å². The van der Waals surface area contributed by atoms with Gasteiger partial charge >= 0.3 is 0 Å². The molecule has 2 aromatic carbocycles. The van der Waals surface area contributed by atoms with Crippen molar-refractivity contribution in [3.63, 3.8) is 0 Å². The summed E-state index contributed by atoms with van der Waals surface area (Å²) in [5.74, 6) is 0.868. The molecule has 0 unspecified atom stereocenters. The van der Waals surface area contributed by atoms with Gasteiger partial charge in [-0.2, -0.15) is 5.10 Å². The molecule has 7 heteroatoms. The number of hydrogen-bond acceptors (Lipinski definition) is 5. The first-order chi connectivity index (χ1) is 15.7. The third-order valence-electron chi connectivity index (χ3n) is 6.23. The highest BCUT2D eigenvalue weighted by atomic mass is 16.2. The van der Waals surface area contributed by atoms with Crippen LogP contribution < -0.4 is 10.2 Å². The van der Waals surface area contributed by atoms with Gasteiger partial charge in [0.15, 0.2) is 5.82 Å². The average Bonchev–Trinajstić information content (AvgIpc) is 3.36. The van der Waals surface area contributed by atoms with Crippen LogP contribution in [0.15, 0.2) is 72.9 Å². The molecule has 0 saturated carbocycles. The molecule has 2 saturated heterocycles. The van der Waals surface area contributed by atoms with E-state index in [-0.39, 0.29) is 17.7 Å². The molecule has 32 heavy (non-hydrogen) atoms. The summed E-state index contributed by atoms with van der Waals surface area (Å²) in [4.78, 5) is 29.4. The van der Waals surface area contributed by atoms with E-state index in [4.69, 9.17) is 0 Å². The second-order valence-electron chi connectivity index (χ2n) is 8.31. The minimum absolute atomic E-state index is 0.0338. The zero-order chi connectivity index (χ0) is 21.9. The standard InChI is InChI=1S/C25H25N5O2/c31-24(19-5-2-1-3-6-19)29-16-21(17-29)18-8-10-22(11-9-18)30(23-7-4-13-27-28-23)25(32)20-12-14-26-15-20/h1-11,13,20-21,26H,12,14-17H2/t20-/m0/s1. The van der Waals surface area contributed by atoms with Gasteiger partial charge < -0.3 is 10.2 Å². The molecule has 2 fully saturated rings. The average molecular weight is 428 g/mol. The van der Waals surface area contributed by atoms with Gasteiger partial charge in [0.1, 0.15) is 0 Å². The number of anilines is 2. The Morgan fingerprint density at radius 2 is 1.75 bits per heavy atom. The number of benzene rings is 2. The molecule has 2 amide bonds. The van der Waals surface area contributed by atoms with Gasteiger partial charge in [0.2, 0.25) is 5.91 Å². The number of nitrogens with zero attached hydrogens (tertiary/aromatic N) is 4. The number of rotatable bonds is 5. The van der Waals surface area contributed by atoms with E-state index in [1.165, 1.54) is 5.56 Å². The molecule has 7 nitrogen and oxygen atoms in total. The fourth-order valence-electron chi connectivity index (χ4n) is 4.35. The molecule has 0 bridgehead atoms. The summed E-state index contributed by atoms with van der Waals surface area (Å²) in [7, 11) is 0. The summed E-state index contributed by atoms with van der Waals surface area (Å²) in [5.41, 5.74) is 2.67. The first kappa shape index (κ1) is 20.3. The highest BCUT2D eigenvalue weighted by Gasteiger charge is 2.33. The Morgan fingerprint density at radius 3 is 2.41 bits per heavy atom. The van der Waals surface area contributed by atoms with Crippen molar-refractivity contribution >= 4 is 23.3 Å². The van der Waals surface area contributed by atoms with Crippen LogP contribution in [0.4, 0.5) is 11.5 Å². The van der Waals surface area contributed by atoms with Crippen molar-refractivity contribution in [2.75, 3.05) is 31.1 Å². The summed E-state index contributed by atoms with van der Waals surface area (Å²) in [6.07, 6.45) is 2.42. The van der Waals surface area contributed by atoms with Crippen molar-refractivity contribution in [1.29, 1.82) is 0 Å². The zero-order valence-electron chi connectivity index (χ0n) is 17.7. The summed E-state index contributed by atoms with van der Waals surface area (Å²) in [6, 6.07) is 21.0. The lowest BCUT2D eigenvalue weighted by Gasteiger charge is -2.39. The molecule has 162 valence electrons. The number of carbonyl (C=O) groups excluding carboxylic acids is 2. The minimum Gasteiger partial charge on any atom is -0.337 e. The van der Waals surface area contributed by atoms with E-state index in [1.807, 2.05) is 59.5 Å². The van der Waals surface area contributed by atoms with Gasteiger partial charge in [-0.15, -0.1) is 5.10 Å². The predicted molar refractivity (Wildman–Crippen MR) is 122 cm³/mol. The highest BCUT2D eigenvalue weighted by Crippen LogP contribution is 2.32. The molecule has 3 aromatic rings. The second kappa shape index (κ2) is 8.88. The third kappa shape index (κ3) is 3.99. The van der Waals surface area contributed by atoms with Crippen molar-refractivity contribution in [3.8, 4) is 0 Å². The quantitative estimate of drug-likeness (QED) is 0.677. The fraction of sp³-hybridized carbons (Fsp3) is 0.280. The maximum atomic E-state index is 13.3. The van der Waals surface area contributed by atoms with Crippen LogP contribution in [0.2, 0.25) is 0 Å². The zero-order valence-corrected chi connectivity index (χ0v) is 17.7. The Hall–Kier alpha value is -3.58. The van der Waals surface area contributed by atoms with Gasteiger partial charge in [0.25, 0.3) is 5.91 Å². The Labute approximate surface area is 187 Å². The maximum absolute atomic E-state index is 13.3. The fourth-order valence-corrected chi connectivity index (χ4v) is 4.35. The monoisotopic (exact) mass is 427 g/mol. The summed E-state index contributed by atoms with van der Waals surface area (Å²) < 4.78 is 0. The Bertz CT molecular complexity index is 1080. The van der Waals surface area contributed by atoms with Crippen molar-refractivity contribution in [2.24, 2.45) is 5.92 Å². The molecular formula is C25H25N5O2. The summed E-state index contributed by atoms with van der Waals surface area (Å²) in [5, 5.41) is 11.4.